The molecule has 1 atom stereocenters. The average molecular weight is 399 g/mol. The molecule has 0 bridgehead atoms. The monoisotopic (exact) mass is 399 g/mol. The van der Waals surface area contributed by atoms with Gasteiger partial charge in [0.1, 0.15) is 0 Å². The minimum atomic E-state index is -0.101. The van der Waals surface area contributed by atoms with Gasteiger partial charge in [-0.2, -0.15) is 5.26 Å². The van der Waals surface area contributed by atoms with Crippen LogP contribution in [0.5, 0.6) is 0 Å². The van der Waals surface area contributed by atoms with E-state index in [0.29, 0.717) is 29.3 Å². The van der Waals surface area contributed by atoms with Gasteiger partial charge in [0.05, 0.1) is 29.4 Å². The predicted molar refractivity (Wildman–Crippen MR) is 118 cm³/mol. The first kappa shape index (κ1) is 19.9. The molecule has 1 aromatic heterocycles. The summed E-state index contributed by atoms with van der Waals surface area (Å²) >= 11 is 0. The van der Waals surface area contributed by atoms with Crippen molar-refractivity contribution in [3.05, 3.63) is 81.8 Å². The van der Waals surface area contributed by atoms with E-state index in [0.717, 1.165) is 30.5 Å². The molecule has 30 heavy (non-hydrogen) atoms. The van der Waals surface area contributed by atoms with Gasteiger partial charge in [0, 0.05) is 19.1 Å². The lowest BCUT2D eigenvalue weighted by molar-refractivity contribution is 0.490. The molecule has 1 aliphatic rings. The first-order valence-electron chi connectivity index (χ1n) is 10.2. The Kier molecular flexibility index (Phi) is 5.64. The summed E-state index contributed by atoms with van der Waals surface area (Å²) in [6.45, 7) is 3.64. The van der Waals surface area contributed by atoms with E-state index in [-0.39, 0.29) is 18.1 Å². The minimum absolute atomic E-state index is 0.0598. The molecule has 0 aliphatic carbocycles. The van der Waals surface area contributed by atoms with E-state index in [1.54, 1.807) is 10.6 Å². The van der Waals surface area contributed by atoms with Crippen LogP contribution >= 0.6 is 0 Å². The second-order valence-electron chi connectivity index (χ2n) is 7.75. The molecule has 0 saturated carbocycles. The molecule has 6 heteroatoms. The number of nitrogens with zero attached hydrogens (tertiary/aromatic N) is 4. The van der Waals surface area contributed by atoms with E-state index in [1.807, 2.05) is 55.5 Å². The molecule has 2 heterocycles. The van der Waals surface area contributed by atoms with Crippen molar-refractivity contribution in [3.63, 3.8) is 0 Å². The van der Waals surface area contributed by atoms with Gasteiger partial charge in [0.25, 0.3) is 5.56 Å². The van der Waals surface area contributed by atoms with Crippen LogP contribution in [0.2, 0.25) is 0 Å². The number of aryl methyl sites for hydroxylation is 1. The summed E-state index contributed by atoms with van der Waals surface area (Å²) in [6.07, 6.45) is 1.93. The highest BCUT2D eigenvalue weighted by atomic mass is 16.1. The molecule has 3 aromatic rings. The number of aromatic nitrogens is 2. The summed E-state index contributed by atoms with van der Waals surface area (Å²) in [5, 5.41) is 9.52. The van der Waals surface area contributed by atoms with Gasteiger partial charge in [-0.3, -0.25) is 9.36 Å². The number of piperidine rings is 1. The maximum Gasteiger partial charge on any atom is 0.263 e. The van der Waals surface area contributed by atoms with Crippen molar-refractivity contribution in [3.8, 4) is 17.2 Å². The molecule has 6 nitrogen and oxygen atoms in total. The predicted octanol–water partition coefficient (Wildman–Crippen LogP) is 3.07. The van der Waals surface area contributed by atoms with Crippen LogP contribution < -0.4 is 16.2 Å². The third kappa shape index (κ3) is 3.85. The summed E-state index contributed by atoms with van der Waals surface area (Å²) < 4.78 is 1.70. The normalized spacial score (nSPS) is 16.3. The lowest BCUT2D eigenvalue weighted by Gasteiger charge is -2.33. The fraction of sp³-hybridized carbons (Fsp3) is 0.292. The first-order chi connectivity index (χ1) is 14.6. The summed E-state index contributed by atoms with van der Waals surface area (Å²) in [7, 11) is 0. The number of nitriles is 1. The highest BCUT2D eigenvalue weighted by Gasteiger charge is 2.24. The molecule has 152 valence electrons. The molecule has 1 saturated heterocycles. The van der Waals surface area contributed by atoms with Crippen molar-refractivity contribution in [2.24, 2.45) is 5.73 Å². The maximum atomic E-state index is 13.7. The molecule has 1 aliphatic heterocycles. The molecule has 2 N–H and O–H groups in total. The molecule has 1 fully saturated rings. The van der Waals surface area contributed by atoms with E-state index >= 15 is 0 Å². The van der Waals surface area contributed by atoms with Gasteiger partial charge in [-0.1, -0.05) is 48.5 Å². The van der Waals surface area contributed by atoms with Gasteiger partial charge in [0.2, 0.25) is 5.95 Å². The Hall–Kier alpha value is -3.43. The summed E-state index contributed by atoms with van der Waals surface area (Å²) in [6, 6.07) is 19.3. The van der Waals surface area contributed by atoms with Crippen molar-refractivity contribution in [1.29, 1.82) is 5.26 Å². The zero-order valence-corrected chi connectivity index (χ0v) is 17.1. The van der Waals surface area contributed by atoms with Crippen molar-refractivity contribution < 1.29 is 0 Å². The average Bonchev–Trinajstić information content (AvgIpc) is 2.76. The summed E-state index contributed by atoms with van der Waals surface area (Å²) in [5.74, 6) is 0.625. The van der Waals surface area contributed by atoms with E-state index in [1.165, 1.54) is 0 Å². The van der Waals surface area contributed by atoms with Crippen molar-refractivity contribution in [2.75, 3.05) is 18.0 Å². The third-order valence-corrected chi connectivity index (χ3v) is 5.60. The smallest absolute Gasteiger partial charge is 0.263 e. The Balaban J connectivity index is 1.90. The van der Waals surface area contributed by atoms with Crippen LogP contribution in [-0.4, -0.2) is 28.7 Å². The lowest BCUT2D eigenvalue weighted by atomic mass is 10.0. The first-order valence-corrected chi connectivity index (χ1v) is 10.2. The van der Waals surface area contributed by atoms with Gasteiger partial charge in [-0.05, 0) is 37.0 Å². The number of anilines is 1. The fourth-order valence-corrected chi connectivity index (χ4v) is 4.10. The van der Waals surface area contributed by atoms with Crippen LogP contribution in [-0.2, 0) is 6.54 Å². The van der Waals surface area contributed by atoms with E-state index in [9.17, 15) is 10.1 Å². The molecular weight excluding hydrogens is 374 g/mol. The fourth-order valence-electron chi connectivity index (χ4n) is 4.10. The van der Waals surface area contributed by atoms with E-state index < -0.39 is 0 Å². The summed E-state index contributed by atoms with van der Waals surface area (Å²) in [4.78, 5) is 20.7. The third-order valence-electron chi connectivity index (χ3n) is 5.60. The van der Waals surface area contributed by atoms with Gasteiger partial charge in [-0.15, -0.1) is 0 Å². The number of hydrogen-bond donors (Lipinski definition) is 1. The maximum absolute atomic E-state index is 13.7. The number of nitrogens with two attached hydrogens (primary N) is 1. The minimum Gasteiger partial charge on any atom is -0.341 e. The topological polar surface area (TPSA) is 87.9 Å². The highest BCUT2D eigenvalue weighted by molar-refractivity contribution is 5.65. The largest absolute Gasteiger partial charge is 0.341 e. The van der Waals surface area contributed by atoms with Gasteiger partial charge >= 0.3 is 0 Å². The van der Waals surface area contributed by atoms with Crippen molar-refractivity contribution in [2.45, 2.75) is 32.4 Å². The van der Waals surface area contributed by atoms with Crippen LogP contribution in [0.4, 0.5) is 5.95 Å². The second kappa shape index (κ2) is 8.52. The van der Waals surface area contributed by atoms with Gasteiger partial charge in [0.15, 0.2) is 0 Å². The molecule has 4 rings (SSSR count). The van der Waals surface area contributed by atoms with Crippen LogP contribution in [0.3, 0.4) is 0 Å². The zero-order chi connectivity index (χ0) is 21.1. The standard InChI is InChI=1S/C24H25N5O/c1-17-22(18-8-3-2-4-9-18)23(30)29(15-20-11-6-5-10-19(20)14-25)24(27-17)28-13-7-12-21(26)16-28/h2-6,8-11,21H,7,12-13,15-16,26H2,1H3. The van der Waals surface area contributed by atoms with Crippen molar-refractivity contribution >= 4 is 5.95 Å². The van der Waals surface area contributed by atoms with Crippen LogP contribution in [0.25, 0.3) is 11.1 Å². The number of hydrogen-bond acceptors (Lipinski definition) is 5. The molecule has 2 aromatic carbocycles. The number of benzene rings is 2. The second-order valence-corrected chi connectivity index (χ2v) is 7.75. The zero-order valence-electron chi connectivity index (χ0n) is 17.1. The van der Waals surface area contributed by atoms with Crippen LogP contribution in [0.15, 0.2) is 59.4 Å². The van der Waals surface area contributed by atoms with Crippen molar-refractivity contribution in [1.82, 2.24) is 9.55 Å². The molecular formula is C24H25N5O. The number of rotatable bonds is 4. The molecule has 0 spiro atoms. The summed E-state index contributed by atoms with van der Waals surface area (Å²) in [5.41, 5.74) is 9.61. The Morgan fingerprint density at radius 2 is 1.90 bits per heavy atom. The molecule has 0 radical (unpaired) electrons. The molecule has 1 unspecified atom stereocenters. The van der Waals surface area contributed by atoms with Gasteiger partial charge < -0.3 is 10.6 Å². The van der Waals surface area contributed by atoms with Gasteiger partial charge in [-0.25, -0.2) is 4.98 Å². The quantitative estimate of drug-likeness (QED) is 0.728. The SMILES string of the molecule is Cc1nc(N2CCCC(N)C2)n(Cc2ccccc2C#N)c(=O)c1-c1ccccc1. The van der Waals surface area contributed by atoms with E-state index in [2.05, 4.69) is 11.0 Å². The Morgan fingerprint density at radius 3 is 2.63 bits per heavy atom. The van der Waals surface area contributed by atoms with Crippen LogP contribution in [0, 0.1) is 18.3 Å². The van der Waals surface area contributed by atoms with E-state index in [4.69, 9.17) is 10.7 Å². The highest BCUT2D eigenvalue weighted by Crippen LogP contribution is 2.24. The Bertz CT molecular complexity index is 1150. The Morgan fingerprint density at radius 1 is 1.17 bits per heavy atom. The van der Waals surface area contributed by atoms with Crippen LogP contribution in [0.1, 0.15) is 29.7 Å². The lowest BCUT2D eigenvalue weighted by Crippen LogP contribution is -2.45. The molecule has 0 amide bonds. The Labute approximate surface area is 176 Å².